The first-order valence-corrected chi connectivity index (χ1v) is 18.6. The van der Waals surface area contributed by atoms with E-state index in [-0.39, 0.29) is 35.1 Å². The molecule has 0 radical (unpaired) electrons. The highest BCUT2D eigenvalue weighted by molar-refractivity contribution is 7.92. The molecule has 1 fully saturated rings. The number of amides is 1. The van der Waals surface area contributed by atoms with E-state index >= 15 is 0 Å². The van der Waals surface area contributed by atoms with Gasteiger partial charge in [0.15, 0.2) is 21.3 Å². The molecule has 13 nitrogen and oxygen atoms in total. The van der Waals surface area contributed by atoms with E-state index in [1.165, 1.54) is 36.9 Å². The zero-order valence-corrected chi connectivity index (χ0v) is 30.8. The molecule has 0 spiro atoms. The van der Waals surface area contributed by atoms with Gasteiger partial charge in [-0.2, -0.15) is 0 Å². The largest absolute Gasteiger partial charge is 0.490 e. The lowest BCUT2D eigenvalue weighted by Gasteiger charge is -2.32. The van der Waals surface area contributed by atoms with Crippen LogP contribution < -0.4 is 20.5 Å². The zero-order chi connectivity index (χ0) is 37.9. The molecule has 0 saturated carbocycles. The van der Waals surface area contributed by atoms with Crippen LogP contribution in [0.4, 0.5) is 11.5 Å². The molecule has 1 aliphatic heterocycles. The topological polar surface area (TPSA) is 187 Å². The predicted molar refractivity (Wildman–Crippen MR) is 196 cm³/mol. The summed E-state index contributed by atoms with van der Waals surface area (Å²) in [4.78, 5) is 45.9. The van der Waals surface area contributed by atoms with Crippen LogP contribution in [0.2, 0.25) is 0 Å². The van der Waals surface area contributed by atoms with Crippen molar-refractivity contribution in [1.82, 2.24) is 9.88 Å². The molecule has 2 heterocycles. The van der Waals surface area contributed by atoms with E-state index in [9.17, 15) is 27.9 Å². The molecule has 0 aliphatic carbocycles. The molecule has 0 bridgehead atoms. The number of carbonyl (C=O) groups excluding carboxylic acids is 2. The average molecular weight is 733 g/mol. The van der Waals surface area contributed by atoms with E-state index in [4.69, 9.17) is 19.9 Å². The molecule has 5 rings (SSSR count). The van der Waals surface area contributed by atoms with Crippen molar-refractivity contribution >= 4 is 50.0 Å². The van der Waals surface area contributed by atoms with Crippen LogP contribution in [0.5, 0.6) is 11.5 Å². The number of nitrogens with zero attached hydrogens (tertiary/aromatic N) is 2. The second kappa shape index (κ2) is 15.5. The predicted octanol–water partition coefficient (Wildman–Crippen LogP) is 5.80. The number of anilines is 2. The molecule has 276 valence electrons. The van der Waals surface area contributed by atoms with E-state index in [1.807, 2.05) is 26.8 Å². The molecule has 1 aromatic heterocycles. The number of hydrogen-bond donors (Lipinski definition) is 3. The first-order valence-electron chi connectivity index (χ1n) is 17.0. The lowest BCUT2D eigenvalue weighted by molar-refractivity contribution is -0.143. The summed E-state index contributed by atoms with van der Waals surface area (Å²) in [6.45, 7) is 9.02. The highest BCUT2D eigenvalue weighted by atomic mass is 32.2. The average Bonchev–Trinajstić information content (AvgIpc) is 3.56. The SMILES string of the molecule is CCOc1cc(C(Nc2ccc3c(N)nccc3c2)C(=O)N2CCC(C(=O)O)C2c2ccc(S(=O)(=O)C(C)C)c(C(=O)OC)c2)ccc1OC(C)C. The first-order chi connectivity index (χ1) is 24.7. The fourth-order valence-electron chi connectivity index (χ4n) is 6.45. The van der Waals surface area contributed by atoms with Crippen molar-refractivity contribution < 1.29 is 42.1 Å². The Morgan fingerprint density at radius 2 is 1.77 bits per heavy atom. The Balaban J connectivity index is 1.64. The Kier molecular flexibility index (Phi) is 11.3. The molecule has 1 amide bonds. The first kappa shape index (κ1) is 37.9. The van der Waals surface area contributed by atoms with Gasteiger partial charge in [-0.05, 0) is 106 Å². The highest BCUT2D eigenvalue weighted by Gasteiger charge is 2.45. The lowest BCUT2D eigenvalue weighted by atomic mass is 9.92. The molecule has 4 N–H and O–H groups in total. The molecule has 3 atom stereocenters. The second-order valence-corrected chi connectivity index (χ2v) is 15.5. The number of hydrogen-bond acceptors (Lipinski definition) is 11. The number of methoxy groups -OCH3 is 1. The van der Waals surface area contributed by atoms with Crippen LogP contribution in [0.15, 0.2) is 71.8 Å². The maximum Gasteiger partial charge on any atom is 0.339 e. The number of ether oxygens (including phenoxy) is 3. The third kappa shape index (κ3) is 7.61. The van der Waals surface area contributed by atoms with Gasteiger partial charge in [-0.1, -0.05) is 12.1 Å². The van der Waals surface area contributed by atoms with Gasteiger partial charge in [0.25, 0.3) is 0 Å². The summed E-state index contributed by atoms with van der Waals surface area (Å²) in [7, 11) is -2.79. The molecule has 3 unspecified atom stereocenters. The summed E-state index contributed by atoms with van der Waals surface area (Å²) in [6, 6.07) is 14.4. The number of nitrogens with one attached hydrogen (secondary N) is 1. The van der Waals surface area contributed by atoms with Crippen LogP contribution in [0.25, 0.3) is 10.8 Å². The number of carboxylic acid groups (broad SMARTS) is 1. The number of sulfone groups is 1. The molecule has 1 aliphatic rings. The number of fused-ring (bicyclic) bond motifs is 1. The van der Waals surface area contributed by atoms with Crippen LogP contribution in [0, 0.1) is 5.92 Å². The minimum absolute atomic E-state index is 0.0744. The van der Waals surface area contributed by atoms with Crippen LogP contribution in [-0.4, -0.2) is 72.9 Å². The number of nitrogens with two attached hydrogens (primary N) is 1. The number of likely N-dealkylation sites (tertiary alicyclic amines) is 1. The van der Waals surface area contributed by atoms with Crippen molar-refractivity contribution in [3.05, 3.63) is 83.6 Å². The van der Waals surface area contributed by atoms with Crippen molar-refractivity contribution in [2.75, 3.05) is 31.3 Å². The van der Waals surface area contributed by atoms with Crippen LogP contribution in [0.3, 0.4) is 0 Å². The minimum Gasteiger partial charge on any atom is -0.490 e. The monoisotopic (exact) mass is 732 g/mol. The smallest absolute Gasteiger partial charge is 0.339 e. The zero-order valence-electron chi connectivity index (χ0n) is 30.0. The van der Waals surface area contributed by atoms with Crippen molar-refractivity contribution in [2.45, 2.75) is 69.4 Å². The Bertz CT molecular complexity index is 2100. The van der Waals surface area contributed by atoms with Crippen LogP contribution in [0.1, 0.15) is 74.6 Å². The van der Waals surface area contributed by atoms with Gasteiger partial charge in [-0.15, -0.1) is 0 Å². The van der Waals surface area contributed by atoms with Gasteiger partial charge in [0.2, 0.25) is 5.91 Å². The van der Waals surface area contributed by atoms with Crippen molar-refractivity contribution in [3.8, 4) is 11.5 Å². The normalized spacial score (nSPS) is 16.6. The third-order valence-corrected chi connectivity index (χ3v) is 11.2. The molecule has 52 heavy (non-hydrogen) atoms. The third-order valence-electron chi connectivity index (χ3n) is 8.99. The Morgan fingerprint density at radius 1 is 1.02 bits per heavy atom. The summed E-state index contributed by atoms with van der Waals surface area (Å²) in [5.41, 5.74) is 7.23. The molecule has 1 saturated heterocycles. The van der Waals surface area contributed by atoms with Crippen molar-refractivity contribution in [3.63, 3.8) is 0 Å². The summed E-state index contributed by atoms with van der Waals surface area (Å²) in [6.07, 6.45) is 1.56. The van der Waals surface area contributed by atoms with Gasteiger partial charge in [0, 0.05) is 23.8 Å². The van der Waals surface area contributed by atoms with Gasteiger partial charge in [-0.3, -0.25) is 9.59 Å². The number of benzene rings is 3. The van der Waals surface area contributed by atoms with E-state index in [2.05, 4.69) is 10.3 Å². The fraction of sp³-hybridized carbons (Fsp3) is 0.368. The summed E-state index contributed by atoms with van der Waals surface area (Å²) in [5, 5.41) is 14.4. The van der Waals surface area contributed by atoms with Crippen molar-refractivity contribution in [1.29, 1.82) is 0 Å². The van der Waals surface area contributed by atoms with Gasteiger partial charge in [-0.25, -0.2) is 18.2 Å². The number of aromatic nitrogens is 1. The Hall–Kier alpha value is -5.37. The minimum atomic E-state index is -3.93. The lowest BCUT2D eigenvalue weighted by Crippen LogP contribution is -2.39. The van der Waals surface area contributed by atoms with E-state index in [1.54, 1.807) is 42.6 Å². The van der Waals surface area contributed by atoms with Crippen LogP contribution in [-0.2, 0) is 24.2 Å². The standard InChI is InChI=1S/C38H44N4O9S/c1-7-50-31-20-24(8-12-30(31)51-21(2)3)33(41-26-10-11-27-23(18-26)14-16-40-35(27)39)36(43)42-17-15-28(37(44)45)34(42)25-9-13-32(52(47,48)22(4)5)29(19-25)38(46)49-6/h8-14,16,18-22,28,33-34,41H,7,15,17H2,1-6H3,(H2,39,40)(H,44,45). The number of esters is 1. The fourth-order valence-corrected chi connectivity index (χ4v) is 7.66. The highest BCUT2D eigenvalue weighted by Crippen LogP contribution is 2.42. The van der Waals surface area contributed by atoms with Gasteiger partial charge < -0.3 is 35.3 Å². The van der Waals surface area contributed by atoms with E-state index < -0.39 is 50.9 Å². The molecular weight excluding hydrogens is 689 g/mol. The maximum absolute atomic E-state index is 14.9. The number of nitrogen functional groups attached to an aromatic ring is 1. The number of aliphatic carboxylic acids is 1. The number of carboxylic acids is 1. The number of pyridine rings is 1. The van der Waals surface area contributed by atoms with Gasteiger partial charge in [0.1, 0.15) is 11.9 Å². The van der Waals surface area contributed by atoms with Crippen molar-refractivity contribution in [2.24, 2.45) is 5.92 Å². The second-order valence-electron chi connectivity index (χ2n) is 13.1. The van der Waals surface area contributed by atoms with Gasteiger partial charge >= 0.3 is 11.9 Å². The van der Waals surface area contributed by atoms with Crippen LogP contribution >= 0.6 is 0 Å². The Labute approximate surface area is 303 Å². The van der Waals surface area contributed by atoms with E-state index in [0.29, 0.717) is 35.2 Å². The quantitative estimate of drug-likeness (QED) is 0.141. The van der Waals surface area contributed by atoms with Gasteiger partial charge in [0.05, 0.1) is 47.5 Å². The number of carbonyl (C=O) groups is 3. The molecular formula is C38H44N4O9S. The van der Waals surface area contributed by atoms with E-state index in [0.717, 1.165) is 17.9 Å². The maximum atomic E-state index is 14.9. The number of rotatable bonds is 13. The summed E-state index contributed by atoms with van der Waals surface area (Å²) < 4.78 is 43.3. The Morgan fingerprint density at radius 3 is 2.42 bits per heavy atom. The summed E-state index contributed by atoms with van der Waals surface area (Å²) in [5.74, 6) is -2.27. The molecule has 14 heteroatoms. The molecule has 4 aromatic rings. The summed E-state index contributed by atoms with van der Waals surface area (Å²) >= 11 is 0. The molecule has 3 aromatic carbocycles.